The number of aromatic nitrogens is 2. The maximum absolute atomic E-state index is 11.3. The quantitative estimate of drug-likeness (QED) is 0.827. The van der Waals surface area contributed by atoms with Crippen molar-refractivity contribution in [1.29, 1.82) is 0 Å². The van der Waals surface area contributed by atoms with Crippen LogP contribution in [-0.2, 0) is 11.3 Å². The molecule has 1 heterocycles. The molecule has 0 saturated heterocycles. The Morgan fingerprint density at radius 3 is 2.93 bits per heavy atom. The van der Waals surface area contributed by atoms with Crippen LogP contribution in [0.25, 0.3) is 0 Å². The highest BCUT2D eigenvalue weighted by Crippen LogP contribution is 2.04. The minimum atomic E-state index is -0.157. The lowest BCUT2D eigenvalue weighted by atomic mass is 10.3. The Kier molecular flexibility index (Phi) is 4.06. The number of hydrogen-bond acceptors (Lipinski definition) is 4. The van der Waals surface area contributed by atoms with E-state index in [-0.39, 0.29) is 10.7 Å². The van der Waals surface area contributed by atoms with Gasteiger partial charge in [-0.15, -0.1) is 0 Å². The highest BCUT2D eigenvalue weighted by atomic mass is 79.9. The first-order valence-electron chi connectivity index (χ1n) is 4.34. The van der Waals surface area contributed by atoms with E-state index in [1.165, 1.54) is 0 Å². The topological polar surface area (TPSA) is 68.0 Å². The maximum atomic E-state index is 11.3. The fraction of sp³-hybridized carbons (Fsp3) is 0.625. The molecule has 0 aromatic carbocycles. The van der Waals surface area contributed by atoms with Crippen LogP contribution in [0.3, 0.4) is 0 Å². The smallest absolute Gasteiger partial charge is 0.234 e. The van der Waals surface area contributed by atoms with Gasteiger partial charge < -0.3 is 9.84 Å². The molecular weight excluding hydrogens is 250 g/mol. The fourth-order valence-corrected chi connectivity index (χ4v) is 1.04. The number of aryl methyl sites for hydroxylation is 1. The lowest BCUT2D eigenvalue weighted by molar-refractivity contribution is -0.120. The molecule has 0 spiro atoms. The zero-order valence-corrected chi connectivity index (χ0v) is 9.67. The van der Waals surface area contributed by atoms with E-state index >= 15 is 0 Å². The molecule has 14 heavy (non-hydrogen) atoms. The van der Waals surface area contributed by atoms with Gasteiger partial charge in [-0.05, 0) is 6.42 Å². The van der Waals surface area contributed by atoms with Gasteiger partial charge in [0.25, 0.3) is 0 Å². The summed E-state index contributed by atoms with van der Waals surface area (Å²) in [7, 11) is 0. The SMILES string of the molecule is CCC(Br)C(=O)NCc1noc(C)n1. The molecule has 1 N–H and O–H groups in total. The van der Waals surface area contributed by atoms with Crippen LogP contribution >= 0.6 is 15.9 Å². The first-order valence-corrected chi connectivity index (χ1v) is 5.26. The zero-order valence-electron chi connectivity index (χ0n) is 8.08. The van der Waals surface area contributed by atoms with Gasteiger partial charge in [0.2, 0.25) is 11.8 Å². The minimum Gasteiger partial charge on any atom is -0.348 e. The molecule has 0 bridgehead atoms. The van der Waals surface area contributed by atoms with E-state index in [2.05, 4.69) is 31.4 Å². The van der Waals surface area contributed by atoms with Gasteiger partial charge in [0.15, 0.2) is 5.82 Å². The molecule has 0 aliphatic heterocycles. The highest BCUT2D eigenvalue weighted by Gasteiger charge is 2.12. The lowest BCUT2D eigenvalue weighted by Crippen LogP contribution is -2.30. The van der Waals surface area contributed by atoms with Crippen molar-refractivity contribution in [2.45, 2.75) is 31.6 Å². The minimum absolute atomic E-state index is 0.0602. The van der Waals surface area contributed by atoms with Crippen LogP contribution in [0.2, 0.25) is 0 Å². The molecule has 5 nitrogen and oxygen atoms in total. The molecule has 0 saturated carbocycles. The summed E-state index contributed by atoms with van der Waals surface area (Å²) >= 11 is 3.24. The molecule has 1 unspecified atom stereocenters. The third-order valence-corrected chi connectivity index (χ3v) is 2.70. The van der Waals surface area contributed by atoms with Gasteiger partial charge >= 0.3 is 0 Å². The second-order valence-electron chi connectivity index (χ2n) is 2.82. The molecule has 0 aliphatic rings. The Bertz CT molecular complexity index is 313. The van der Waals surface area contributed by atoms with Crippen molar-refractivity contribution >= 4 is 21.8 Å². The Morgan fingerprint density at radius 1 is 1.71 bits per heavy atom. The fourth-order valence-electron chi connectivity index (χ4n) is 0.875. The predicted molar refractivity (Wildman–Crippen MR) is 53.9 cm³/mol. The van der Waals surface area contributed by atoms with Gasteiger partial charge in [0, 0.05) is 6.92 Å². The summed E-state index contributed by atoms with van der Waals surface area (Å²) in [5.74, 6) is 0.932. The molecule has 0 radical (unpaired) electrons. The number of alkyl halides is 1. The van der Waals surface area contributed by atoms with Crippen LogP contribution < -0.4 is 5.32 Å². The zero-order chi connectivity index (χ0) is 10.6. The van der Waals surface area contributed by atoms with Crippen LogP contribution in [0.15, 0.2) is 4.52 Å². The average molecular weight is 262 g/mol. The van der Waals surface area contributed by atoms with E-state index < -0.39 is 0 Å². The molecule has 1 atom stereocenters. The summed E-state index contributed by atoms with van der Waals surface area (Å²) in [5, 5.41) is 6.35. The summed E-state index contributed by atoms with van der Waals surface area (Å²) in [6.45, 7) is 3.94. The summed E-state index contributed by atoms with van der Waals surface area (Å²) in [6, 6.07) is 0. The second-order valence-corrected chi connectivity index (χ2v) is 3.93. The van der Waals surface area contributed by atoms with E-state index in [0.717, 1.165) is 6.42 Å². The average Bonchev–Trinajstić information content (AvgIpc) is 2.59. The number of halogens is 1. The third-order valence-electron chi connectivity index (χ3n) is 1.63. The first-order chi connectivity index (χ1) is 6.63. The number of carbonyl (C=O) groups is 1. The Hall–Kier alpha value is -0.910. The predicted octanol–water partition coefficient (Wildman–Crippen LogP) is 1.17. The molecule has 1 aromatic heterocycles. The van der Waals surface area contributed by atoms with Gasteiger partial charge in [0.05, 0.1) is 11.4 Å². The van der Waals surface area contributed by atoms with Gasteiger partial charge in [-0.25, -0.2) is 0 Å². The maximum Gasteiger partial charge on any atom is 0.234 e. The summed E-state index contributed by atoms with van der Waals surface area (Å²) in [4.78, 5) is 15.1. The largest absolute Gasteiger partial charge is 0.348 e. The van der Waals surface area contributed by atoms with Crippen molar-refractivity contribution in [1.82, 2.24) is 15.5 Å². The standard InChI is InChI=1S/C8H12BrN3O2/c1-3-6(9)8(13)10-4-7-11-5(2)14-12-7/h6H,3-4H2,1-2H3,(H,10,13). The Balaban J connectivity index is 2.37. The molecule has 1 rings (SSSR count). The number of amides is 1. The molecule has 78 valence electrons. The van der Waals surface area contributed by atoms with Crippen LogP contribution in [-0.4, -0.2) is 20.9 Å². The van der Waals surface area contributed by atoms with Crippen molar-refractivity contribution in [2.24, 2.45) is 0 Å². The van der Waals surface area contributed by atoms with Crippen LogP contribution in [0.4, 0.5) is 0 Å². The van der Waals surface area contributed by atoms with Crippen LogP contribution in [0.5, 0.6) is 0 Å². The first kappa shape index (κ1) is 11.2. The number of hydrogen-bond donors (Lipinski definition) is 1. The van der Waals surface area contributed by atoms with Crippen molar-refractivity contribution in [3.63, 3.8) is 0 Å². The summed E-state index contributed by atoms with van der Waals surface area (Å²) < 4.78 is 4.76. The van der Waals surface area contributed by atoms with E-state index in [9.17, 15) is 4.79 Å². The van der Waals surface area contributed by atoms with Crippen molar-refractivity contribution < 1.29 is 9.32 Å². The Labute approximate surface area is 90.4 Å². The molecule has 6 heteroatoms. The summed E-state index contributed by atoms with van der Waals surface area (Å²) in [6.07, 6.45) is 0.747. The van der Waals surface area contributed by atoms with E-state index in [1.54, 1.807) is 6.92 Å². The van der Waals surface area contributed by atoms with Crippen LogP contribution in [0.1, 0.15) is 25.1 Å². The highest BCUT2D eigenvalue weighted by molar-refractivity contribution is 9.10. The Morgan fingerprint density at radius 2 is 2.43 bits per heavy atom. The van der Waals surface area contributed by atoms with Crippen molar-refractivity contribution in [3.8, 4) is 0 Å². The van der Waals surface area contributed by atoms with Gasteiger partial charge in [-0.2, -0.15) is 4.98 Å². The van der Waals surface area contributed by atoms with Crippen molar-refractivity contribution in [3.05, 3.63) is 11.7 Å². The normalized spacial score (nSPS) is 12.5. The van der Waals surface area contributed by atoms with Crippen molar-refractivity contribution in [2.75, 3.05) is 0 Å². The molecule has 1 amide bonds. The number of nitrogens with zero attached hydrogens (tertiary/aromatic N) is 2. The van der Waals surface area contributed by atoms with E-state index in [4.69, 9.17) is 4.52 Å². The summed E-state index contributed by atoms with van der Waals surface area (Å²) in [5.41, 5.74) is 0. The lowest BCUT2D eigenvalue weighted by Gasteiger charge is -2.05. The number of nitrogens with one attached hydrogen (secondary N) is 1. The molecule has 1 aromatic rings. The number of rotatable bonds is 4. The van der Waals surface area contributed by atoms with Gasteiger partial charge in [-0.1, -0.05) is 28.0 Å². The molecule has 0 aliphatic carbocycles. The monoisotopic (exact) mass is 261 g/mol. The molecule has 0 fully saturated rings. The molecular formula is C8H12BrN3O2. The number of carbonyl (C=O) groups excluding carboxylic acids is 1. The second kappa shape index (κ2) is 5.09. The van der Waals surface area contributed by atoms with E-state index in [0.29, 0.717) is 18.3 Å². The van der Waals surface area contributed by atoms with Crippen LogP contribution in [0, 0.1) is 6.92 Å². The van der Waals surface area contributed by atoms with Gasteiger partial charge in [0.1, 0.15) is 0 Å². The third kappa shape index (κ3) is 3.10. The van der Waals surface area contributed by atoms with Gasteiger partial charge in [-0.3, -0.25) is 4.79 Å². The van der Waals surface area contributed by atoms with E-state index in [1.807, 2.05) is 6.92 Å².